The summed E-state index contributed by atoms with van der Waals surface area (Å²) in [6.07, 6.45) is 0. The Balaban J connectivity index is 1.74. The molecule has 2 aliphatic rings. The van der Waals surface area contributed by atoms with Gasteiger partial charge in [0.05, 0.1) is 0 Å². The average Bonchev–Trinajstić information content (AvgIpc) is 2.77. The van der Waals surface area contributed by atoms with Gasteiger partial charge in [0.15, 0.2) is 0 Å². The number of hydrogen-bond donors (Lipinski definition) is 1. The number of piperazine rings is 1. The highest BCUT2D eigenvalue weighted by Crippen LogP contribution is 2.40. The largest absolute Gasteiger partial charge is 0.314 e. The van der Waals surface area contributed by atoms with E-state index in [4.69, 9.17) is 0 Å². The van der Waals surface area contributed by atoms with Gasteiger partial charge in [0.2, 0.25) is 0 Å². The lowest BCUT2D eigenvalue weighted by molar-refractivity contribution is 0.111. The molecule has 3 heteroatoms. The zero-order valence-corrected chi connectivity index (χ0v) is 12.0. The molecule has 1 saturated heterocycles. The summed E-state index contributed by atoms with van der Waals surface area (Å²) in [5.74, 6) is 1.97. The van der Waals surface area contributed by atoms with Gasteiger partial charge in [0.25, 0.3) is 0 Å². The molecule has 18 heavy (non-hydrogen) atoms. The SMILES string of the molecule is CC1CNCC(C)N1CC1CSc2ccccc21. The van der Waals surface area contributed by atoms with Crippen LogP contribution in [0, 0.1) is 0 Å². The van der Waals surface area contributed by atoms with Crippen LogP contribution in [0.15, 0.2) is 29.2 Å². The zero-order valence-electron chi connectivity index (χ0n) is 11.2. The van der Waals surface area contributed by atoms with Crippen molar-refractivity contribution in [2.75, 3.05) is 25.4 Å². The highest BCUT2D eigenvalue weighted by molar-refractivity contribution is 7.99. The molecule has 3 atom stereocenters. The van der Waals surface area contributed by atoms with Crippen LogP contribution in [-0.2, 0) is 0 Å². The molecule has 2 heterocycles. The maximum absolute atomic E-state index is 3.51. The Morgan fingerprint density at radius 1 is 1.22 bits per heavy atom. The van der Waals surface area contributed by atoms with Gasteiger partial charge in [0, 0.05) is 48.3 Å². The van der Waals surface area contributed by atoms with Crippen LogP contribution in [-0.4, -0.2) is 42.4 Å². The molecular weight excluding hydrogens is 240 g/mol. The van der Waals surface area contributed by atoms with E-state index in [2.05, 4.69) is 48.3 Å². The Labute approximate surface area is 114 Å². The molecule has 1 N–H and O–H groups in total. The summed E-state index contributed by atoms with van der Waals surface area (Å²) in [7, 11) is 0. The highest BCUT2D eigenvalue weighted by atomic mass is 32.2. The fourth-order valence-corrected chi connectivity index (χ4v) is 4.41. The first kappa shape index (κ1) is 12.5. The van der Waals surface area contributed by atoms with Crippen LogP contribution >= 0.6 is 11.8 Å². The Morgan fingerprint density at radius 2 is 1.94 bits per heavy atom. The monoisotopic (exact) mass is 262 g/mol. The maximum Gasteiger partial charge on any atom is 0.0195 e. The molecule has 0 saturated carbocycles. The third-order valence-corrected chi connectivity index (χ3v) is 5.49. The third kappa shape index (κ3) is 2.31. The van der Waals surface area contributed by atoms with Gasteiger partial charge in [-0.05, 0) is 25.5 Å². The van der Waals surface area contributed by atoms with Crippen LogP contribution in [0.1, 0.15) is 25.3 Å². The van der Waals surface area contributed by atoms with Gasteiger partial charge in [-0.25, -0.2) is 0 Å². The van der Waals surface area contributed by atoms with Gasteiger partial charge >= 0.3 is 0 Å². The van der Waals surface area contributed by atoms with E-state index in [0.717, 1.165) is 13.1 Å². The molecule has 0 aliphatic carbocycles. The fraction of sp³-hybridized carbons (Fsp3) is 0.600. The van der Waals surface area contributed by atoms with E-state index in [9.17, 15) is 0 Å². The normalized spacial score (nSPS) is 32.4. The Bertz CT molecular complexity index is 411. The van der Waals surface area contributed by atoms with Crippen molar-refractivity contribution < 1.29 is 0 Å². The number of thioether (sulfide) groups is 1. The number of hydrogen-bond acceptors (Lipinski definition) is 3. The predicted octanol–water partition coefficient (Wildman–Crippen LogP) is 2.56. The van der Waals surface area contributed by atoms with Gasteiger partial charge < -0.3 is 5.32 Å². The van der Waals surface area contributed by atoms with Crippen molar-refractivity contribution in [3.63, 3.8) is 0 Å². The van der Waals surface area contributed by atoms with Crippen molar-refractivity contribution in [2.45, 2.75) is 36.7 Å². The molecule has 0 radical (unpaired) electrons. The topological polar surface area (TPSA) is 15.3 Å². The third-order valence-electron chi connectivity index (χ3n) is 4.24. The molecular formula is C15H22N2S. The summed E-state index contributed by atoms with van der Waals surface area (Å²) in [6.45, 7) is 8.17. The quantitative estimate of drug-likeness (QED) is 0.882. The molecule has 0 amide bonds. The second-order valence-electron chi connectivity index (χ2n) is 5.60. The smallest absolute Gasteiger partial charge is 0.0195 e. The Hall–Kier alpha value is -0.510. The van der Waals surface area contributed by atoms with Crippen LogP contribution in [0.3, 0.4) is 0 Å². The van der Waals surface area contributed by atoms with Crippen LogP contribution in [0.5, 0.6) is 0 Å². The summed E-state index contributed by atoms with van der Waals surface area (Å²) in [6, 6.07) is 10.2. The summed E-state index contributed by atoms with van der Waals surface area (Å²) >= 11 is 2.02. The number of benzene rings is 1. The molecule has 1 aromatic carbocycles. The Kier molecular flexibility index (Phi) is 3.64. The summed E-state index contributed by atoms with van der Waals surface area (Å²) < 4.78 is 0. The zero-order chi connectivity index (χ0) is 12.5. The first-order valence-corrected chi connectivity index (χ1v) is 7.92. The van der Waals surface area contributed by atoms with Crippen molar-refractivity contribution in [3.05, 3.63) is 29.8 Å². The van der Waals surface area contributed by atoms with E-state index in [-0.39, 0.29) is 0 Å². The van der Waals surface area contributed by atoms with Gasteiger partial charge in [0.1, 0.15) is 0 Å². The minimum absolute atomic E-state index is 0.659. The number of nitrogens with zero attached hydrogens (tertiary/aromatic N) is 1. The number of nitrogens with one attached hydrogen (secondary N) is 1. The van der Waals surface area contributed by atoms with Gasteiger partial charge in [-0.1, -0.05) is 18.2 Å². The molecule has 3 rings (SSSR count). The van der Waals surface area contributed by atoms with E-state index in [1.165, 1.54) is 17.2 Å². The molecule has 2 nitrogen and oxygen atoms in total. The minimum Gasteiger partial charge on any atom is -0.314 e. The summed E-state index contributed by atoms with van der Waals surface area (Å²) in [5.41, 5.74) is 1.57. The van der Waals surface area contributed by atoms with Crippen LogP contribution in [0.25, 0.3) is 0 Å². The number of fused-ring (bicyclic) bond motifs is 1. The lowest BCUT2D eigenvalue weighted by Crippen LogP contribution is -2.55. The van der Waals surface area contributed by atoms with Crippen molar-refractivity contribution >= 4 is 11.8 Å². The second kappa shape index (κ2) is 5.24. The van der Waals surface area contributed by atoms with Gasteiger partial charge in [-0.3, -0.25) is 4.90 Å². The Morgan fingerprint density at radius 3 is 2.72 bits per heavy atom. The van der Waals surface area contributed by atoms with E-state index < -0.39 is 0 Å². The van der Waals surface area contributed by atoms with Crippen LogP contribution in [0.4, 0.5) is 0 Å². The van der Waals surface area contributed by atoms with Gasteiger partial charge in [-0.15, -0.1) is 11.8 Å². The molecule has 1 aromatic rings. The van der Waals surface area contributed by atoms with Crippen LogP contribution in [0.2, 0.25) is 0 Å². The minimum atomic E-state index is 0.659. The maximum atomic E-state index is 3.51. The van der Waals surface area contributed by atoms with E-state index in [1.54, 1.807) is 5.56 Å². The molecule has 98 valence electrons. The molecule has 3 unspecified atom stereocenters. The highest BCUT2D eigenvalue weighted by Gasteiger charge is 2.30. The molecule has 0 bridgehead atoms. The standard InChI is InChI=1S/C15H22N2S/c1-11-7-16-8-12(2)17(11)9-13-10-18-15-6-4-3-5-14(13)15/h3-6,11-13,16H,7-10H2,1-2H3. The van der Waals surface area contributed by atoms with Crippen LogP contribution < -0.4 is 5.32 Å². The van der Waals surface area contributed by atoms with Crippen molar-refractivity contribution in [3.8, 4) is 0 Å². The molecule has 1 fully saturated rings. The van der Waals surface area contributed by atoms with Crippen molar-refractivity contribution in [1.82, 2.24) is 10.2 Å². The van der Waals surface area contributed by atoms with Gasteiger partial charge in [-0.2, -0.15) is 0 Å². The number of rotatable bonds is 2. The van der Waals surface area contributed by atoms with E-state index >= 15 is 0 Å². The first-order valence-electron chi connectivity index (χ1n) is 6.94. The van der Waals surface area contributed by atoms with Crippen molar-refractivity contribution in [1.29, 1.82) is 0 Å². The average molecular weight is 262 g/mol. The lowest BCUT2D eigenvalue weighted by Gasteiger charge is -2.40. The molecule has 2 aliphatic heterocycles. The molecule has 0 aromatic heterocycles. The second-order valence-corrected chi connectivity index (χ2v) is 6.66. The van der Waals surface area contributed by atoms with E-state index in [0.29, 0.717) is 18.0 Å². The van der Waals surface area contributed by atoms with Crippen molar-refractivity contribution in [2.24, 2.45) is 0 Å². The first-order chi connectivity index (χ1) is 8.75. The fourth-order valence-electron chi connectivity index (χ4n) is 3.16. The lowest BCUT2D eigenvalue weighted by atomic mass is 9.98. The summed E-state index contributed by atoms with van der Waals surface area (Å²) in [5, 5.41) is 3.51. The summed E-state index contributed by atoms with van der Waals surface area (Å²) in [4.78, 5) is 4.18. The predicted molar refractivity (Wildman–Crippen MR) is 78.4 cm³/mol. The molecule has 0 spiro atoms. The van der Waals surface area contributed by atoms with E-state index in [1.807, 2.05) is 11.8 Å².